The summed E-state index contributed by atoms with van der Waals surface area (Å²) < 4.78 is 6.09. The first kappa shape index (κ1) is 13.0. The van der Waals surface area contributed by atoms with Crippen LogP contribution < -0.4 is 10.9 Å². The molecular formula is C12H14N4O3. The Morgan fingerprint density at radius 1 is 1.47 bits per heavy atom. The Labute approximate surface area is 109 Å². The van der Waals surface area contributed by atoms with Gasteiger partial charge in [0.15, 0.2) is 0 Å². The van der Waals surface area contributed by atoms with E-state index in [9.17, 15) is 9.59 Å². The smallest absolute Gasteiger partial charge is 0.253 e. The van der Waals surface area contributed by atoms with Crippen LogP contribution >= 0.6 is 0 Å². The molecular weight excluding hydrogens is 248 g/mol. The lowest BCUT2D eigenvalue weighted by Crippen LogP contribution is -2.27. The van der Waals surface area contributed by atoms with Gasteiger partial charge in [-0.3, -0.25) is 19.5 Å². The van der Waals surface area contributed by atoms with Crippen LogP contribution in [-0.4, -0.2) is 20.6 Å². The minimum atomic E-state index is -0.371. The minimum absolute atomic E-state index is 0.116. The van der Waals surface area contributed by atoms with E-state index in [0.29, 0.717) is 17.8 Å². The second kappa shape index (κ2) is 5.47. The largest absolute Gasteiger partial charge is 0.338 e. The number of rotatable bonds is 4. The molecule has 0 bridgehead atoms. The second-order valence-electron chi connectivity index (χ2n) is 4.08. The third-order valence-electron chi connectivity index (χ3n) is 2.50. The maximum absolute atomic E-state index is 11.7. The molecule has 0 saturated carbocycles. The van der Waals surface area contributed by atoms with Gasteiger partial charge in [0, 0.05) is 17.8 Å². The summed E-state index contributed by atoms with van der Waals surface area (Å²) in [7, 11) is 0. The van der Waals surface area contributed by atoms with Crippen LogP contribution in [0.5, 0.6) is 0 Å². The molecule has 2 heterocycles. The van der Waals surface area contributed by atoms with Crippen molar-refractivity contribution in [1.82, 2.24) is 14.7 Å². The van der Waals surface area contributed by atoms with E-state index in [1.807, 2.05) is 6.92 Å². The van der Waals surface area contributed by atoms with Crippen LogP contribution in [0.2, 0.25) is 0 Å². The van der Waals surface area contributed by atoms with Crippen molar-refractivity contribution in [2.45, 2.75) is 26.8 Å². The predicted octanol–water partition coefficient (Wildman–Crippen LogP) is 0.741. The third-order valence-corrected chi connectivity index (χ3v) is 2.50. The molecule has 0 aliphatic rings. The highest BCUT2D eigenvalue weighted by atomic mass is 16.5. The lowest BCUT2D eigenvalue weighted by Gasteiger charge is -2.05. The second-order valence-corrected chi connectivity index (χ2v) is 4.08. The van der Waals surface area contributed by atoms with E-state index in [-0.39, 0.29) is 23.9 Å². The normalized spacial score (nSPS) is 10.4. The maximum Gasteiger partial charge on any atom is 0.253 e. The molecule has 0 aromatic carbocycles. The maximum atomic E-state index is 11.7. The first-order valence-corrected chi connectivity index (χ1v) is 5.87. The summed E-state index contributed by atoms with van der Waals surface area (Å²) in [6.07, 6.45) is 2.05. The number of nitrogens with zero attached hydrogens (tertiary/aromatic N) is 3. The van der Waals surface area contributed by atoms with Crippen LogP contribution in [0.25, 0.3) is 0 Å². The van der Waals surface area contributed by atoms with E-state index >= 15 is 0 Å². The van der Waals surface area contributed by atoms with Crippen molar-refractivity contribution >= 4 is 11.8 Å². The molecule has 0 atom stereocenters. The Morgan fingerprint density at radius 2 is 2.26 bits per heavy atom. The van der Waals surface area contributed by atoms with E-state index in [0.717, 1.165) is 0 Å². The summed E-state index contributed by atoms with van der Waals surface area (Å²) in [6, 6.07) is 3.02. The summed E-state index contributed by atoms with van der Waals surface area (Å²) in [5.41, 5.74) is 1.12. The lowest BCUT2D eigenvalue weighted by molar-refractivity contribution is -0.116. The molecule has 1 N–H and O–H groups in total. The summed E-state index contributed by atoms with van der Waals surface area (Å²) >= 11 is 0. The Bertz CT molecular complexity index is 644. The Morgan fingerprint density at radius 3 is 2.84 bits per heavy atom. The fraction of sp³-hybridized carbons (Fsp3) is 0.333. The Kier molecular flexibility index (Phi) is 3.74. The zero-order valence-corrected chi connectivity index (χ0v) is 10.7. The van der Waals surface area contributed by atoms with Crippen LogP contribution in [0.15, 0.2) is 27.8 Å². The van der Waals surface area contributed by atoms with E-state index in [4.69, 9.17) is 4.52 Å². The van der Waals surface area contributed by atoms with Gasteiger partial charge in [-0.15, -0.1) is 0 Å². The molecule has 0 radical (unpaired) electrons. The monoisotopic (exact) mass is 262 g/mol. The van der Waals surface area contributed by atoms with Crippen LogP contribution in [0.4, 0.5) is 5.88 Å². The first-order valence-electron chi connectivity index (χ1n) is 5.87. The number of aromatic nitrogens is 3. The Hall–Kier alpha value is -2.44. The van der Waals surface area contributed by atoms with Crippen LogP contribution in [0, 0.1) is 6.92 Å². The number of hydrogen-bond donors (Lipinski definition) is 1. The van der Waals surface area contributed by atoms with Crippen molar-refractivity contribution in [3.05, 3.63) is 40.2 Å². The topological polar surface area (TPSA) is 90.0 Å². The van der Waals surface area contributed by atoms with Gasteiger partial charge >= 0.3 is 0 Å². The molecule has 0 unspecified atom stereocenters. The van der Waals surface area contributed by atoms with Gasteiger partial charge in [-0.1, -0.05) is 12.1 Å². The van der Waals surface area contributed by atoms with Gasteiger partial charge in [-0.05, 0) is 13.3 Å². The highest BCUT2D eigenvalue weighted by Gasteiger charge is 2.08. The number of carbonyl (C=O) groups is 1. The average Bonchev–Trinajstić information content (AvgIpc) is 2.77. The number of carbonyl (C=O) groups excluding carboxylic acids is 1. The molecule has 2 rings (SSSR count). The fourth-order valence-electron chi connectivity index (χ4n) is 1.53. The third kappa shape index (κ3) is 3.27. The summed E-state index contributed by atoms with van der Waals surface area (Å²) in [5.74, 6) is -0.113. The number of anilines is 1. The number of nitrogens with one attached hydrogen (secondary N) is 1. The Balaban J connectivity index is 2.05. The zero-order chi connectivity index (χ0) is 13.8. The number of amides is 1. The molecule has 1 amide bonds. The van der Waals surface area contributed by atoms with Crippen molar-refractivity contribution in [3.63, 3.8) is 0 Å². The van der Waals surface area contributed by atoms with E-state index in [2.05, 4.69) is 15.5 Å². The molecule has 0 spiro atoms. The highest BCUT2D eigenvalue weighted by Crippen LogP contribution is 2.07. The van der Waals surface area contributed by atoms with Crippen LogP contribution in [0.3, 0.4) is 0 Å². The van der Waals surface area contributed by atoms with Gasteiger partial charge in [-0.25, -0.2) is 4.98 Å². The van der Waals surface area contributed by atoms with E-state index < -0.39 is 0 Å². The van der Waals surface area contributed by atoms with Crippen molar-refractivity contribution < 1.29 is 9.32 Å². The lowest BCUT2D eigenvalue weighted by atomic mass is 10.3. The van der Waals surface area contributed by atoms with Crippen molar-refractivity contribution in [2.75, 3.05) is 5.32 Å². The molecule has 19 heavy (non-hydrogen) atoms. The molecule has 7 nitrogen and oxygen atoms in total. The molecule has 2 aromatic rings. The fourth-order valence-corrected chi connectivity index (χ4v) is 1.53. The van der Waals surface area contributed by atoms with E-state index in [1.165, 1.54) is 17.0 Å². The molecule has 100 valence electrons. The van der Waals surface area contributed by atoms with Crippen LogP contribution in [0.1, 0.15) is 18.3 Å². The first-order chi connectivity index (χ1) is 9.08. The predicted molar refractivity (Wildman–Crippen MR) is 67.7 cm³/mol. The van der Waals surface area contributed by atoms with Gasteiger partial charge < -0.3 is 4.52 Å². The van der Waals surface area contributed by atoms with Crippen molar-refractivity contribution in [2.24, 2.45) is 0 Å². The molecule has 7 heteroatoms. The number of hydrogen-bond acceptors (Lipinski definition) is 5. The summed E-state index contributed by atoms with van der Waals surface area (Å²) in [5, 5.41) is 6.16. The zero-order valence-electron chi connectivity index (χ0n) is 10.7. The molecule has 0 saturated heterocycles. The quantitative estimate of drug-likeness (QED) is 0.877. The summed E-state index contributed by atoms with van der Waals surface area (Å²) in [6.45, 7) is 3.54. The van der Waals surface area contributed by atoms with Gasteiger partial charge in [0.2, 0.25) is 11.8 Å². The summed E-state index contributed by atoms with van der Waals surface area (Å²) in [4.78, 5) is 27.5. The van der Waals surface area contributed by atoms with Crippen molar-refractivity contribution in [3.8, 4) is 0 Å². The number of aryl methyl sites for hydroxylation is 2. The van der Waals surface area contributed by atoms with Crippen LogP contribution in [-0.2, 0) is 17.8 Å². The van der Waals surface area contributed by atoms with Gasteiger partial charge in [0.1, 0.15) is 6.54 Å². The highest BCUT2D eigenvalue weighted by molar-refractivity contribution is 5.89. The van der Waals surface area contributed by atoms with Gasteiger partial charge in [-0.2, -0.15) is 0 Å². The van der Waals surface area contributed by atoms with Crippen molar-refractivity contribution in [1.29, 1.82) is 0 Å². The SMILES string of the molecule is CCc1cc(=O)n(CC(=O)Nc2cc(C)no2)cn1. The molecule has 0 aliphatic carbocycles. The van der Waals surface area contributed by atoms with E-state index in [1.54, 1.807) is 13.0 Å². The molecule has 0 aliphatic heterocycles. The van der Waals surface area contributed by atoms with Gasteiger partial charge in [0.05, 0.1) is 12.0 Å². The molecule has 0 fully saturated rings. The minimum Gasteiger partial charge on any atom is -0.338 e. The molecule has 2 aromatic heterocycles. The standard InChI is InChI=1S/C12H14N4O3/c1-3-9-5-12(18)16(7-13-9)6-10(17)14-11-4-8(2)15-19-11/h4-5,7H,3,6H2,1-2H3,(H,14,17). The van der Waals surface area contributed by atoms with Gasteiger partial charge in [0.25, 0.3) is 5.56 Å². The average molecular weight is 262 g/mol.